The van der Waals surface area contributed by atoms with Crippen molar-refractivity contribution in [1.82, 2.24) is 14.9 Å². The maximum absolute atomic E-state index is 6.31. The van der Waals surface area contributed by atoms with Crippen LogP contribution in [-0.4, -0.2) is 33.4 Å². The standard InChI is InChI=1S/C17H13ClN4OS/c1-23-12-6-4-5-11(9-12)16-19-20-17-22(16)21-15(10-24-17)13-7-2-3-8-14(13)18/h2-9H,10H2,1H3. The van der Waals surface area contributed by atoms with Crippen molar-refractivity contribution < 1.29 is 4.74 Å². The number of halogens is 1. The highest BCUT2D eigenvalue weighted by Crippen LogP contribution is 2.30. The number of thioether (sulfide) groups is 1. The van der Waals surface area contributed by atoms with Crippen molar-refractivity contribution in [1.29, 1.82) is 0 Å². The zero-order valence-corrected chi connectivity index (χ0v) is 14.4. The van der Waals surface area contributed by atoms with Gasteiger partial charge in [0.1, 0.15) is 5.75 Å². The third kappa shape index (κ3) is 2.68. The van der Waals surface area contributed by atoms with Crippen molar-refractivity contribution in [3.63, 3.8) is 0 Å². The third-order valence-corrected chi connectivity index (χ3v) is 4.94. The van der Waals surface area contributed by atoms with E-state index in [1.165, 1.54) is 0 Å². The van der Waals surface area contributed by atoms with Gasteiger partial charge >= 0.3 is 0 Å². The van der Waals surface area contributed by atoms with E-state index in [4.69, 9.17) is 21.4 Å². The molecule has 24 heavy (non-hydrogen) atoms. The van der Waals surface area contributed by atoms with Gasteiger partial charge in [0.2, 0.25) is 5.16 Å². The maximum atomic E-state index is 6.31. The van der Waals surface area contributed by atoms with E-state index in [0.29, 0.717) is 16.6 Å². The Labute approximate surface area is 148 Å². The molecule has 1 aromatic heterocycles. The molecule has 1 aliphatic heterocycles. The molecular weight excluding hydrogens is 344 g/mol. The van der Waals surface area contributed by atoms with E-state index in [2.05, 4.69) is 10.2 Å². The molecule has 4 rings (SSSR count). The summed E-state index contributed by atoms with van der Waals surface area (Å²) in [5, 5.41) is 14.7. The van der Waals surface area contributed by atoms with E-state index in [9.17, 15) is 0 Å². The topological polar surface area (TPSA) is 52.3 Å². The van der Waals surface area contributed by atoms with E-state index in [1.807, 2.05) is 48.5 Å². The van der Waals surface area contributed by atoms with Gasteiger partial charge in [-0.1, -0.05) is 53.7 Å². The van der Waals surface area contributed by atoms with Crippen LogP contribution in [0.4, 0.5) is 0 Å². The van der Waals surface area contributed by atoms with Gasteiger partial charge in [0.25, 0.3) is 0 Å². The summed E-state index contributed by atoms with van der Waals surface area (Å²) in [6, 6.07) is 15.4. The number of methoxy groups -OCH3 is 1. The Kier molecular flexibility index (Phi) is 4.00. The summed E-state index contributed by atoms with van der Waals surface area (Å²) >= 11 is 7.90. The molecule has 0 N–H and O–H groups in total. The van der Waals surface area contributed by atoms with Crippen LogP contribution in [0.2, 0.25) is 5.02 Å². The number of ether oxygens (including phenoxy) is 1. The Balaban J connectivity index is 1.81. The molecule has 0 atom stereocenters. The zero-order valence-electron chi connectivity index (χ0n) is 12.8. The minimum atomic E-state index is 0.681. The van der Waals surface area contributed by atoms with Crippen molar-refractivity contribution in [2.75, 3.05) is 12.9 Å². The van der Waals surface area contributed by atoms with Gasteiger partial charge in [-0.3, -0.25) is 0 Å². The van der Waals surface area contributed by atoms with Gasteiger partial charge in [0.05, 0.1) is 12.8 Å². The van der Waals surface area contributed by atoms with Crippen LogP contribution < -0.4 is 4.74 Å². The van der Waals surface area contributed by atoms with E-state index >= 15 is 0 Å². The monoisotopic (exact) mass is 356 g/mol. The fourth-order valence-corrected chi connectivity index (χ4v) is 3.57. The Bertz CT molecular complexity index is 938. The third-order valence-electron chi connectivity index (χ3n) is 3.68. The fraction of sp³-hybridized carbons (Fsp3) is 0.118. The second kappa shape index (κ2) is 6.30. The molecule has 2 heterocycles. The molecule has 0 saturated carbocycles. The lowest BCUT2D eigenvalue weighted by molar-refractivity contribution is 0.415. The summed E-state index contributed by atoms with van der Waals surface area (Å²) in [4.78, 5) is 0. The summed E-state index contributed by atoms with van der Waals surface area (Å²) in [5.41, 5.74) is 2.74. The van der Waals surface area contributed by atoms with Gasteiger partial charge in [0, 0.05) is 21.9 Å². The smallest absolute Gasteiger partial charge is 0.212 e. The van der Waals surface area contributed by atoms with Gasteiger partial charge in [-0.25, -0.2) is 0 Å². The molecule has 0 fully saturated rings. The molecule has 2 aromatic carbocycles. The van der Waals surface area contributed by atoms with Crippen LogP contribution in [0.25, 0.3) is 11.4 Å². The average Bonchev–Trinajstić information content (AvgIpc) is 3.05. The number of fused-ring (bicyclic) bond motifs is 1. The Morgan fingerprint density at radius 1 is 1.12 bits per heavy atom. The molecule has 120 valence electrons. The van der Waals surface area contributed by atoms with Gasteiger partial charge in [-0.05, 0) is 18.2 Å². The lowest BCUT2D eigenvalue weighted by Crippen LogP contribution is -2.14. The van der Waals surface area contributed by atoms with E-state index < -0.39 is 0 Å². The lowest BCUT2D eigenvalue weighted by atomic mass is 10.1. The minimum Gasteiger partial charge on any atom is -0.497 e. The van der Waals surface area contributed by atoms with Crippen molar-refractivity contribution in [2.45, 2.75) is 5.16 Å². The molecular formula is C17H13ClN4OS. The Morgan fingerprint density at radius 2 is 2.00 bits per heavy atom. The highest BCUT2D eigenvalue weighted by atomic mass is 35.5. The van der Waals surface area contributed by atoms with E-state index in [1.54, 1.807) is 23.5 Å². The quantitative estimate of drug-likeness (QED) is 0.712. The first-order valence-electron chi connectivity index (χ1n) is 7.31. The zero-order chi connectivity index (χ0) is 16.5. The van der Waals surface area contributed by atoms with E-state index in [-0.39, 0.29) is 0 Å². The van der Waals surface area contributed by atoms with Crippen LogP contribution in [0, 0.1) is 0 Å². The predicted molar refractivity (Wildman–Crippen MR) is 96.1 cm³/mol. The molecule has 0 amide bonds. The average molecular weight is 357 g/mol. The molecule has 5 nitrogen and oxygen atoms in total. The number of nitrogens with zero attached hydrogens (tertiary/aromatic N) is 4. The summed E-state index contributed by atoms with van der Waals surface area (Å²) < 4.78 is 7.05. The number of rotatable bonds is 3. The van der Waals surface area contributed by atoms with Gasteiger partial charge in [0.15, 0.2) is 5.82 Å². The number of hydrogen-bond acceptors (Lipinski definition) is 5. The normalized spacial score (nSPS) is 13.3. The first-order valence-corrected chi connectivity index (χ1v) is 8.68. The predicted octanol–water partition coefficient (Wildman–Crippen LogP) is 3.97. The highest BCUT2D eigenvalue weighted by molar-refractivity contribution is 7.99. The molecule has 0 radical (unpaired) electrons. The summed E-state index contributed by atoms with van der Waals surface area (Å²) in [6.45, 7) is 0. The van der Waals surface area contributed by atoms with Gasteiger partial charge in [-0.2, -0.15) is 9.78 Å². The molecule has 0 aliphatic carbocycles. The Morgan fingerprint density at radius 3 is 2.83 bits per heavy atom. The summed E-state index contributed by atoms with van der Waals surface area (Å²) in [7, 11) is 1.64. The molecule has 7 heteroatoms. The molecule has 0 saturated heterocycles. The number of aromatic nitrogens is 3. The van der Waals surface area contributed by atoms with Crippen LogP contribution in [0.15, 0.2) is 58.8 Å². The van der Waals surface area contributed by atoms with Crippen LogP contribution in [0.3, 0.4) is 0 Å². The van der Waals surface area contributed by atoms with Crippen molar-refractivity contribution >= 4 is 29.1 Å². The molecule has 3 aromatic rings. The second-order valence-corrected chi connectivity index (χ2v) is 6.51. The molecule has 1 aliphatic rings. The number of benzene rings is 2. The van der Waals surface area contributed by atoms with Crippen molar-refractivity contribution in [2.24, 2.45) is 5.10 Å². The Hall–Kier alpha value is -2.31. The lowest BCUT2D eigenvalue weighted by Gasteiger charge is -2.15. The van der Waals surface area contributed by atoms with Crippen molar-refractivity contribution in [3.05, 3.63) is 59.1 Å². The maximum Gasteiger partial charge on any atom is 0.212 e. The largest absolute Gasteiger partial charge is 0.497 e. The van der Waals surface area contributed by atoms with E-state index in [0.717, 1.165) is 27.7 Å². The fourth-order valence-electron chi connectivity index (χ4n) is 2.50. The molecule has 0 unspecified atom stereocenters. The van der Waals surface area contributed by atoms with Crippen molar-refractivity contribution in [3.8, 4) is 17.1 Å². The second-order valence-electron chi connectivity index (χ2n) is 5.17. The van der Waals surface area contributed by atoms with Crippen LogP contribution >= 0.6 is 23.4 Å². The summed E-state index contributed by atoms with van der Waals surface area (Å²) in [6.07, 6.45) is 0. The minimum absolute atomic E-state index is 0.681. The molecule has 0 spiro atoms. The number of hydrogen-bond donors (Lipinski definition) is 0. The van der Waals surface area contributed by atoms with Crippen LogP contribution in [0.5, 0.6) is 5.75 Å². The highest BCUT2D eigenvalue weighted by Gasteiger charge is 2.21. The van der Waals surface area contributed by atoms with Crippen LogP contribution in [-0.2, 0) is 0 Å². The van der Waals surface area contributed by atoms with Crippen LogP contribution in [0.1, 0.15) is 5.56 Å². The summed E-state index contributed by atoms with van der Waals surface area (Å²) in [5.74, 6) is 2.16. The SMILES string of the molecule is COc1cccc(-c2nnc3n2N=C(c2ccccc2Cl)CS3)c1. The first kappa shape index (κ1) is 15.2. The van der Waals surface area contributed by atoms with Gasteiger partial charge in [-0.15, -0.1) is 10.2 Å². The van der Waals surface area contributed by atoms with Gasteiger partial charge < -0.3 is 4.74 Å². The molecule has 0 bridgehead atoms. The first-order chi connectivity index (χ1) is 11.8.